The average Bonchev–Trinajstić information content (AvgIpc) is 3.23. The lowest BCUT2D eigenvalue weighted by molar-refractivity contribution is -0.113. The fraction of sp³-hybridized carbons (Fsp3) is 0.381. The Balaban J connectivity index is 1.46. The number of nitriles is 1. The number of carbonyl (C=O) groups excluding carboxylic acids is 1. The predicted octanol–water partition coefficient (Wildman–Crippen LogP) is 4.21. The quantitative estimate of drug-likeness (QED) is 0.473. The van der Waals surface area contributed by atoms with Gasteiger partial charge >= 0.3 is 0 Å². The van der Waals surface area contributed by atoms with Gasteiger partial charge < -0.3 is 5.32 Å². The number of thioether (sulfide) groups is 1. The van der Waals surface area contributed by atoms with Gasteiger partial charge in [0.25, 0.3) is 0 Å². The molecule has 2 heterocycles. The molecule has 1 aliphatic carbocycles. The van der Waals surface area contributed by atoms with Crippen LogP contribution in [0.1, 0.15) is 46.4 Å². The van der Waals surface area contributed by atoms with Crippen molar-refractivity contribution in [2.24, 2.45) is 0 Å². The summed E-state index contributed by atoms with van der Waals surface area (Å²) in [5.74, 6) is 0.00159. The Kier molecular flexibility index (Phi) is 6.16. The van der Waals surface area contributed by atoms with E-state index in [1.807, 2.05) is 26.0 Å². The molecule has 0 saturated heterocycles. The van der Waals surface area contributed by atoms with Crippen LogP contribution in [0.2, 0.25) is 0 Å². The molecular weight excluding hydrogens is 416 g/mol. The van der Waals surface area contributed by atoms with Crippen molar-refractivity contribution in [2.75, 3.05) is 11.1 Å². The summed E-state index contributed by atoms with van der Waals surface area (Å²) < 4.78 is 1.65. The zero-order valence-electron chi connectivity index (χ0n) is 16.9. The Morgan fingerprint density at radius 3 is 2.93 bits per heavy atom. The highest BCUT2D eigenvalue weighted by atomic mass is 32.2. The number of thiophene rings is 1. The largest absolute Gasteiger partial charge is 0.316 e. The van der Waals surface area contributed by atoms with Crippen molar-refractivity contribution in [1.82, 2.24) is 20.2 Å². The molecule has 7 nitrogen and oxygen atoms in total. The lowest BCUT2D eigenvalue weighted by Crippen LogP contribution is -2.14. The van der Waals surface area contributed by atoms with Crippen molar-refractivity contribution in [2.45, 2.75) is 51.1 Å². The van der Waals surface area contributed by atoms with E-state index in [0.717, 1.165) is 42.5 Å². The van der Waals surface area contributed by atoms with Gasteiger partial charge in [-0.15, -0.1) is 16.4 Å². The number of benzene rings is 1. The molecule has 0 saturated carbocycles. The Hall–Kier alpha value is -2.70. The van der Waals surface area contributed by atoms with E-state index >= 15 is 0 Å². The molecule has 4 rings (SSSR count). The van der Waals surface area contributed by atoms with Gasteiger partial charge in [-0.3, -0.25) is 4.79 Å². The maximum atomic E-state index is 12.6. The van der Waals surface area contributed by atoms with Crippen LogP contribution in [0.5, 0.6) is 0 Å². The van der Waals surface area contributed by atoms with Gasteiger partial charge in [-0.25, -0.2) is 0 Å². The maximum Gasteiger partial charge on any atom is 0.235 e. The molecule has 9 heteroatoms. The molecule has 0 radical (unpaired) electrons. The molecule has 1 aromatic carbocycles. The smallest absolute Gasteiger partial charge is 0.235 e. The summed E-state index contributed by atoms with van der Waals surface area (Å²) >= 11 is 2.82. The minimum absolute atomic E-state index is 0.164. The monoisotopic (exact) mass is 438 g/mol. The number of hydrogen-bond acceptors (Lipinski definition) is 7. The van der Waals surface area contributed by atoms with E-state index in [0.29, 0.717) is 15.7 Å². The van der Waals surface area contributed by atoms with Crippen LogP contribution in [-0.2, 0) is 17.6 Å². The number of aromatic nitrogens is 4. The molecule has 3 aromatic rings. The zero-order valence-corrected chi connectivity index (χ0v) is 18.6. The van der Waals surface area contributed by atoms with Gasteiger partial charge in [0.05, 0.1) is 17.0 Å². The van der Waals surface area contributed by atoms with E-state index in [1.54, 1.807) is 16.0 Å². The van der Waals surface area contributed by atoms with Gasteiger partial charge in [0, 0.05) is 4.88 Å². The number of rotatable bonds is 5. The number of aryl methyl sites for hydroxylation is 3. The molecule has 1 aliphatic rings. The van der Waals surface area contributed by atoms with E-state index in [1.165, 1.54) is 28.6 Å². The summed E-state index contributed by atoms with van der Waals surface area (Å²) in [7, 11) is 0. The number of tetrazole rings is 1. The Bertz CT molecular complexity index is 1130. The van der Waals surface area contributed by atoms with Crippen LogP contribution in [0, 0.1) is 25.2 Å². The van der Waals surface area contributed by atoms with Crippen molar-refractivity contribution >= 4 is 34.0 Å². The molecule has 30 heavy (non-hydrogen) atoms. The lowest BCUT2D eigenvalue weighted by Gasteiger charge is -2.08. The summed E-state index contributed by atoms with van der Waals surface area (Å²) in [5, 5.41) is 25.7. The summed E-state index contributed by atoms with van der Waals surface area (Å²) in [5.41, 5.74) is 4.88. The summed E-state index contributed by atoms with van der Waals surface area (Å²) in [6.45, 7) is 4.05. The molecule has 1 N–H and O–H groups in total. The number of fused-ring (bicyclic) bond motifs is 1. The number of carbonyl (C=O) groups is 1. The van der Waals surface area contributed by atoms with Crippen LogP contribution < -0.4 is 5.32 Å². The molecule has 0 bridgehead atoms. The first-order valence-electron chi connectivity index (χ1n) is 9.90. The molecule has 0 unspecified atom stereocenters. The van der Waals surface area contributed by atoms with Gasteiger partial charge in [-0.2, -0.15) is 9.94 Å². The van der Waals surface area contributed by atoms with Crippen LogP contribution in [0.25, 0.3) is 5.69 Å². The number of nitrogens with zero attached hydrogens (tertiary/aromatic N) is 5. The van der Waals surface area contributed by atoms with Gasteiger partial charge in [0.2, 0.25) is 11.1 Å². The SMILES string of the molecule is Cc1ccc(-n2nnnc2SCC(=O)Nc2sc3c(c2C#N)CCCCC3)c(C)c1. The van der Waals surface area contributed by atoms with Crippen LogP contribution in [0.4, 0.5) is 5.00 Å². The highest BCUT2D eigenvalue weighted by molar-refractivity contribution is 7.99. The van der Waals surface area contributed by atoms with Gasteiger partial charge in [0.15, 0.2) is 0 Å². The first kappa shape index (κ1) is 20.6. The fourth-order valence-corrected chi connectivity index (χ4v) is 5.64. The molecule has 0 spiro atoms. The minimum Gasteiger partial charge on any atom is -0.316 e. The Morgan fingerprint density at radius 1 is 1.30 bits per heavy atom. The highest BCUT2D eigenvalue weighted by Crippen LogP contribution is 2.37. The second-order valence-electron chi connectivity index (χ2n) is 7.38. The summed E-state index contributed by atoms with van der Waals surface area (Å²) in [6.07, 6.45) is 5.35. The van der Waals surface area contributed by atoms with Crippen molar-refractivity contribution in [3.05, 3.63) is 45.3 Å². The molecule has 2 aromatic heterocycles. The third-order valence-electron chi connectivity index (χ3n) is 5.14. The van der Waals surface area contributed by atoms with Crippen LogP contribution in [0.15, 0.2) is 23.4 Å². The van der Waals surface area contributed by atoms with Crippen LogP contribution >= 0.6 is 23.1 Å². The average molecular weight is 439 g/mol. The Labute approximate surface area is 183 Å². The minimum atomic E-state index is -0.164. The van der Waals surface area contributed by atoms with Gasteiger partial charge in [-0.05, 0) is 67.2 Å². The first-order valence-corrected chi connectivity index (χ1v) is 11.7. The second kappa shape index (κ2) is 8.98. The molecule has 0 fully saturated rings. The molecule has 0 atom stereocenters. The fourth-order valence-electron chi connectivity index (χ4n) is 3.70. The molecule has 0 aliphatic heterocycles. The normalized spacial score (nSPS) is 13.4. The second-order valence-corrected chi connectivity index (χ2v) is 9.43. The van der Waals surface area contributed by atoms with Crippen LogP contribution in [-0.4, -0.2) is 31.9 Å². The van der Waals surface area contributed by atoms with Gasteiger partial charge in [0.1, 0.15) is 11.1 Å². The van der Waals surface area contributed by atoms with E-state index in [4.69, 9.17) is 0 Å². The van der Waals surface area contributed by atoms with Crippen LogP contribution in [0.3, 0.4) is 0 Å². The number of nitrogens with one attached hydrogen (secondary N) is 1. The van der Waals surface area contributed by atoms with E-state index in [2.05, 4.69) is 33.0 Å². The molecule has 154 valence electrons. The van der Waals surface area contributed by atoms with Crippen molar-refractivity contribution in [1.29, 1.82) is 5.26 Å². The maximum absolute atomic E-state index is 12.6. The lowest BCUT2D eigenvalue weighted by atomic mass is 10.1. The zero-order chi connectivity index (χ0) is 21.1. The molecule has 1 amide bonds. The van der Waals surface area contributed by atoms with Crippen molar-refractivity contribution in [3.8, 4) is 11.8 Å². The van der Waals surface area contributed by atoms with Gasteiger partial charge in [-0.1, -0.05) is 35.9 Å². The Morgan fingerprint density at radius 2 is 2.13 bits per heavy atom. The van der Waals surface area contributed by atoms with E-state index in [9.17, 15) is 10.1 Å². The van der Waals surface area contributed by atoms with E-state index in [-0.39, 0.29) is 11.7 Å². The highest BCUT2D eigenvalue weighted by Gasteiger charge is 2.21. The number of amides is 1. The first-order chi connectivity index (χ1) is 14.6. The summed E-state index contributed by atoms with van der Waals surface area (Å²) in [4.78, 5) is 13.8. The van der Waals surface area contributed by atoms with Crippen molar-refractivity contribution in [3.63, 3.8) is 0 Å². The number of hydrogen-bond donors (Lipinski definition) is 1. The van der Waals surface area contributed by atoms with Crippen molar-refractivity contribution < 1.29 is 4.79 Å². The third-order valence-corrected chi connectivity index (χ3v) is 7.27. The topological polar surface area (TPSA) is 96.5 Å². The molecular formula is C21H22N6OS2. The standard InChI is InChI=1S/C21H22N6OS2/c1-13-8-9-17(14(2)10-13)27-21(24-25-26-27)29-12-19(28)23-20-16(11-22)15-6-4-3-5-7-18(15)30-20/h8-10H,3-7,12H2,1-2H3,(H,23,28). The third kappa shape index (κ3) is 4.25. The van der Waals surface area contributed by atoms with E-state index < -0.39 is 0 Å². The predicted molar refractivity (Wildman–Crippen MR) is 118 cm³/mol. The summed E-state index contributed by atoms with van der Waals surface area (Å²) in [6, 6.07) is 8.36. The number of anilines is 1.